The Kier molecular flexibility index (Phi) is 6.87. The van der Waals surface area contributed by atoms with E-state index in [0.717, 1.165) is 17.1 Å². The van der Waals surface area contributed by atoms with E-state index in [1.807, 2.05) is 27.7 Å². The SMILES string of the molecule is CC(C)(CCOC(C)(C)CCC(=O)O)NC(=O)CN1C(=O)C=CC1=O. The van der Waals surface area contributed by atoms with E-state index in [0.29, 0.717) is 19.4 Å². The number of amides is 3. The molecule has 0 fully saturated rings. The van der Waals surface area contributed by atoms with Gasteiger partial charge in [-0.05, 0) is 40.5 Å². The first-order chi connectivity index (χ1) is 11.4. The van der Waals surface area contributed by atoms with Crippen LogP contribution in [0.5, 0.6) is 0 Å². The average molecular weight is 354 g/mol. The summed E-state index contributed by atoms with van der Waals surface area (Å²) in [5.41, 5.74) is -1.17. The second-order valence-corrected chi connectivity index (χ2v) is 7.28. The summed E-state index contributed by atoms with van der Waals surface area (Å²) in [6, 6.07) is 0. The largest absolute Gasteiger partial charge is 0.481 e. The fourth-order valence-electron chi connectivity index (χ4n) is 2.27. The molecule has 1 aliphatic heterocycles. The first-order valence-electron chi connectivity index (χ1n) is 8.12. The minimum atomic E-state index is -0.871. The number of carboxylic acid groups (broad SMARTS) is 1. The van der Waals surface area contributed by atoms with Crippen molar-refractivity contribution in [3.8, 4) is 0 Å². The number of nitrogens with zero attached hydrogens (tertiary/aromatic N) is 1. The molecule has 0 aliphatic carbocycles. The van der Waals surface area contributed by atoms with Crippen LogP contribution in [0, 0.1) is 0 Å². The molecule has 0 atom stereocenters. The van der Waals surface area contributed by atoms with E-state index in [4.69, 9.17) is 9.84 Å². The van der Waals surface area contributed by atoms with Gasteiger partial charge >= 0.3 is 5.97 Å². The maximum Gasteiger partial charge on any atom is 0.303 e. The van der Waals surface area contributed by atoms with Crippen LogP contribution < -0.4 is 5.32 Å². The van der Waals surface area contributed by atoms with Crippen LogP contribution in [0.15, 0.2) is 12.2 Å². The number of imide groups is 1. The molecule has 1 rings (SSSR count). The number of carboxylic acids is 1. The smallest absolute Gasteiger partial charge is 0.303 e. The van der Waals surface area contributed by atoms with Gasteiger partial charge in [0.2, 0.25) is 5.91 Å². The highest BCUT2D eigenvalue weighted by molar-refractivity contribution is 6.14. The van der Waals surface area contributed by atoms with E-state index in [-0.39, 0.29) is 13.0 Å². The lowest BCUT2D eigenvalue weighted by Crippen LogP contribution is -2.49. The van der Waals surface area contributed by atoms with Gasteiger partial charge in [-0.15, -0.1) is 0 Å². The maximum absolute atomic E-state index is 12.1. The Bertz CT molecular complexity index is 562. The zero-order valence-corrected chi connectivity index (χ0v) is 15.1. The Balaban J connectivity index is 2.39. The summed E-state index contributed by atoms with van der Waals surface area (Å²) < 4.78 is 5.72. The maximum atomic E-state index is 12.1. The second-order valence-electron chi connectivity index (χ2n) is 7.28. The fourth-order valence-corrected chi connectivity index (χ4v) is 2.27. The van der Waals surface area contributed by atoms with E-state index in [1.54, 1.807) is 0 Å². The van der Waals surface area contributed by atoms with Crippen LogP contribution in [0.4, 0.5) is 0 Å². The third-order valence-electron chi connectivity index (χ3n) is 3.84. The number of hydrogen-bond acceptors (Lipinski definition) is 5. The Morgan fingerprint density at radius 2 is 1.68 bits per heavy atom. The average Bonchev–Trinajstić information content (AvgIpc) is 2.76. The molecule has 3 amide bonds. The first-order valence-corrected chi connectivity index (χ1v) is 8.12. The molecule has 0 radical (unpaired) electrons. The lowest BCUT2D eigenvalue weighted by atomic mass is 9.99. The molecule has 25 heavy (non-hydrogen) atoms. The molecule has 0 aromatic heterocycles. The number of nitrogens with one attached hydrogen (secondary N) is 1. The molecular formula is C17H26N2O6. The van der Waals surface area contributed by atoms with Crippen molar-refractivity contribution >= 4 is 23.7 Å². The Hall–Kier alpha value is -2.22. The lowest BCUT2D eigenvalue weighted by molar-refractivity contribution is -0.141. The summed E-state index contributed by atoms with van der Waals surface area (Å²) in [4.78, 5) is 46.5. The van der Waals surface area contributed by atoms with Crippen molar-refractivity contribution < 1.29 is 29.0 Å². The number of carbonyl (C=O) groups is 4. The molecule has 8 nitrogen and oxygen atoms in total. The quantitative estimate of drug-likeness (QED) is 0.563. The third-order valence-corrected chi connectivity index (χ3v) is 3.84. The van der Waals surface area contributed by atoms with Crippen molar-refractivity contribution in [1.29, 1.82) is 0 Å². The van der Waals surface area contributed by atoms with Crippen LogP contribution in [0.2, 0.25) is 0 Å². The van der Waals surface area contributed by atoms with Crippen LogP contribution in [-0.4, -0.2) is 58.0 Å². The van der Waals surface area contributed by atoms with Crippen LogP contribution in [0.25, 0.3) is 0 Å². The molecule has 0 bridgehead atoms. The van der Waals surface area contributed by atoms with E-state index >= 15 is 0 Å². The van der Waals surface area contributed by atoms with Gasteiger partial charge in [0.05, 0.1) is 5.60 Å². The predicted octanol–water partition coefficient (Wildman–Crippen LogP) is 0.856. The fraction of sp³-hybridized carbons (Fsp3) is 0.647. The van der Waals surface area contributed by atoms with Gasteiger partial charge in [0, 0.05) is 30.7 Å². The molecule has 0 saturated carbocycles. The molecule has 1 aliphatic rings. The van der Waals surface area contributed by atoms with Crippen molar-refractivity contribution in [3.63, 3.8) is 0 Å². The van der Waals surface area contributed by atoms with E-state index in [2.05, 4.69) is 5.32 Å². The van der Waals surface area contributed by atoms with Gasteiger partial charge in [-0.2, -0.15) is 0 Å². The molecule has 0 aromatic carbocycles. The molecule has 0 spiro atoms. The Morgan fingerprint density at radius 1 is 1.12 bits per heavy atom. The molecule has 0 unspecified atom stereocenters. The Morgan fingerprint density at radius 3 is 2.20 bits per heavy atom. The third kappa shape index (κ3) is 7.47. The molecule has 1 heterocycles. The standard InChI is InChI=1S/C17H26N2O6/c1-16(2,9-10-25-17(3,4)8-7-15(23)24)18-12(20)11-19-13(21)5-6-14(19)22/h5-6H,7-11H2,1-4H3,(H,18,20)(H,23,24). The summed E-state index contributed by atoms with van der Waals surface area (Å²) in [6.45, 7) is 7.27. The van der Waals surface area contributed by atoms with Crippen LogP contribution in [0.3, 0.4) is 0 Å². The van der Waals surface area contributed by atoms with Gasteiger partial charge in [-0.1, -0.05) is 0 Å². The molecule has 2 N–H and O–H groups in total. The van der Waals surface area contributed by atoms with Gasteiger partial charge < -0.3 is 15.2 Å². The van der Waals surface area contributed by atoms with Crippen molar-refractivity contribution in [2.75, 3.05) is 13.2 Å². The van der Waals surface area contributed by atoms with Crippen molar-refractivity contribution in [3.05, 3.63) is 12.2 Å². The number of aliphatic carboxylic acids is 1. The van der Waals surface area contributed by atoms with Gasteiger partial charge in [-0.3, -0.25) is 24.1 Å². The van der Waals surface area contributed by atoms with E-state index in [9.17, 15) is 19.2 Å². The van der Waals surface area contributed by atoms with Crippen molar-refractivity contribution in [2.24, 2.45) is 0 Å². The number of hydrogen-bond donors (Lipinski definition) is 2. The summed E-state index contributed by atoms with van der Waals surface area (Å²) in [6.07, 6.45) is 3.18. The predicted molar refractivity (Wildman–Crippen MR) is 89.6 cm³/mol. The van der Waals surface area contributed by atoms with Gasteiger partial charge in [0.1, 0.15) is 6.54 Å². The van der Waals surface area contributed by atoms with Crippen molar-refractivity contribution in [1.82, 2.24) is 10.2 Å². The van der Waals surface area contributed by atoms with Gasteiger partial charge in [0.25, 0.3) is 11.8 Å². The summed E-state index contributed by atoms with van der Waals surface area (Å²) >= 11 is 0. The van der Waals surface area contributed by atoms with E-state index < -0.39 is 34.8 Å². The minimum Gasteiger partial charge on any atom is -0.481 e. The van der Waals surface area contributed by atoms with Crippen molar-refractivity contribution in [2.45, 2.75) is 58.1 Å². The highest BCUT2D eigenvalue weighted by Gasteiger charge is 2.28. The summed E-state index contributed by atoms with van der Waals surface area (Å²) in [5, 5.41) is 11.5. The van der Waals surface area contributed by atoms with Crippen LogP contribution >= 0.6 is 0 Å². The molecular weight excluding hydrogens is 328 g/mol. The van der Waals surface area contributed by atoms with Gasteiger partial charge in [0.15, 0.2) is 0 Å². The van der Waals surface area contributed by atoms with Crippen LogP contribution in [-0.2, 0) is 23.9 Å². The highest BCUT2D eigenvalue weighted by atomic mass is 16.5. The zero-order valence-electron chi connectivity index (χ0n) is 15.1. The second kappa shape index (κ2) is 8.24. The monoisotopic (exact) mass is 354 g/mol. The number of ether oxygens (including phenoxy) is 1. The van der Waals surface area contributed by atoms with Gasteiger partial charge in [-0.25, -0.2) is 0 Å². The molecule has 0 saturated heterocycles. The minimum absolute atomic E-state index is 0.0268. The molecule has 140 valence electrons. The zero-order chi connectivity index (χ0) is 19.3. The number of rotatable bonds is 10. The first kappa shape index (κ1) is 20.8. The highest BCUT2D eigenvalue weighted by Crippen LogP contribution is 2.19. The number of carbonyl (C=O) groups excluding carboxylic acids is 3. The molecule has 0 aromatic rings. The lowest BCUT2D eigenvalue weighted by Gasteiger charge is -2.30. The van der Waals surface area contributed by atoms with Crippen LogP contribution in [0.1, 0.15) is 47.0 Å². The topological polar surface area (TPSA) is 113 Å². The normalized spacial score (nSPS) is 15.0. The van der Waals surface area contributed by atoms with E-state index in [1.165, 1.54) is 0 Å². The molecule has 8 heteroatoms. The summed E-state index contributed by atoms with van der Waals surface area (Å²) in [7, 11) is 0. The Labute approximate surface area is 147 Å². The summed E-state index contributed by atoms with van der Waals surface area (Å²) in [5.74, 6) is -2.30.